The van der Waals surface area contributed by atoms with E-state index in [9.17, 15) is 24.3 Å². The molecule has 1 aliphatic heterocycles. The molecule has 0 radical (unpaired) electrons. The first-order valence-corrected chi connectivity index (χ1v) is 11.7. The van der Waals surface area contributed by atoms with Crippen molar-refractivity contribution in [2.75, 3.05) is 13.2 Å². The Kier molecular flexibility index (Phi) is 6.25. The summed E-state index contributed by atoms with van der Waals surface area (Å²) in [4.78, 5) is 50.3. The summed E-state index contributed by atoms with van der Waals surface area (Å²) in [5, 5.41) is 12.0. The highest BCUT2D eigenvalue weighted by molar-refractivity contribution is 6.21. The van der Waals surface area contributed by atoms with Crippen LogP contribution in [0.3, 0.4) is 0 Å². The van der Waals surface area contributed by atoms with Crippen LogP contribution in [0.2, 0.25) is 0 Å². The van der Waals surface area contributed by atoms with Gasteiger partial charge in [0.25, 0.3) is 11.8 Å². The van der Waals surface area contributed by atoms with E-state index in [1.807, 2.05) is 48.5 Å². The van der Waals surface area contributed by atoms with Gasteiger partial charge >= 0.3 is 12.1 Å². The SMILES string of the molecule is O=C(N[C@@H](CCCN1C(=O)c2ccccc2C1=O)C(=O)O)OCC1c2ccccc2-c2ccccc21. The van der Waals surface area contributed by atoms with Crippen LogP contribution in [-0.4, -0.2) is 53.1 Å². The number of rotatable bonds is 8. The van der Waals surface area contributed by atoms with Crippen molar-refractivity contribution in [2.45, 2.75) is 24.8 Å². The zero-order chi connectivity index (χ0) is 25.2. The fourth-order valence-corrected chi connectivity index (χ4v) is 4.94. The van der Waals surface area contributed by atoms with Crippen LogP contribution in [0.25, 0.3) is 11.1 Å². The molecule has 1 aliphatic carbocycles. The lowest BCUT2D eigenvalue weighted by Crippen LogP contribution is -2.42. The number of carbonyl (C=O) groups excluding carboxylic acids is 3. The molecule has 3 aromatic carbocycles. The minimum atomic E-state index is -1.22. The molecule has 8 heteroatoms. The van der Waals surface area contributed by atoms with E-state index in [-0.39, 0.29) is 31.9 Å². The standard InChI is InChI=1S/C28H24N2O6/c31-25-21-12-5-6-13-22(21)26(32)30(25)15-7-14-24(27(33)34)29-28(35)36-16-23-19-10-3-1-8-17(19)18-9-2-4-11-20(18)23/h1-6,8-13,23-24H,7,14-16H2,(H,29,35)(H,33,34)/t24-/m0/s1. The van der Waals surface area contributed by atoms with Crippen molar-refractivity contribution in [1.29, 1.82) is 0 Å². The largest absolute Gasteiger partial charge is 0.480 e. The maximum absolute atomic E-state index is 12.5. The van der Waals surface area contributed by atoms with Gasteiger partial charge in [-0.15, -0.1) is 0 Å². The van der Waals surface area contributed by atoms with E-state index in [1.54, 1.807) is 24.3 Å². The van der Waals surface area contributed by atoms with Crippen LogP contribution in [0.5, 0.6) is 0 Å². The number of nitrogens with zero attached hydrogens (tertiary/aromatic N) is 1. The molecule has 5 rings (SSSR count). The Morgan fingerprint density at radius 2 is 1.33 bits per heavy atom. The molecule has 0 aromatic heterocycles. The Hall–Kier alpha value is -4.46. The second-order valence-electron chi connectivity index (χ2n) is 8.81. The van der Waals surface area contributed by atoms with Gasteiger partial charge in [-0.05, 0) is 47.2 Å². The van der Waals surface area contributed by atoms with E-state index in [2.05, 4.69) is 5.32 Å². The summed E-state index contributed by atoms with van der Waals surface area (Å²) in [5.74, 6) is -2.15. The molecule has 182 valence electrons. The Labute approximate surface area is 207 Å². The van der Waals surface area contributed by atoms with Crippen molar-refractivity contribution in [3.05, 3.63) is 95.1 Å². The van der Waals surface area contributed by atoms with Crippen molar-refractivity contribution >= 4 is 23.9 Å². The molecule has 0 saturated carbocycles. The van der Waals surface area contributed by atoms with Gasteiger partial charge in [-0.3, -0.25) is 14.5 Å². The fourth-order valence-electron chi connectivity index (χ4n) is 4.94. The monoisotopic (exact) mass is 484 g/mol. The predicted molar refractivity (Wildman–Crippen MR) is 131 cm³/mol. The van der Waals surface area contributed by atoms with Gasteiger partial charge in [-0.2, -0.15) is 0 Å². The number of fused-ring (bicyclic) bond motifs is 4. The molecule has 36 heavy (non-hydrogen) atoms. The zero-order valence-electron chi connectivity index (χ0n) is 19.3. The van der Waals surface area contributed by atoms with Crippen LogP contribution in [-0.2, 0) is 9.53 Å². The summed E-state index contributed by atoms with van der Waals surface area (Å²) in [5.41, 5.74) is 4.99. The van der Waals surface area contributed by atoms with Crippen LogP contribution in [0, 0.1) is 0 Å². The number of ether oxygens (including phenoxy) is 1. The van der Waals surface area contributed by atoms with Gasteiger partial charge in [-0.1, -0.05) is 60.7 Å². The molecule has 0 spiro atoms. The predicted octanol–water partition coefficient (Wildman–Crippen LogP) is 4.05. The highest BCUT2D eigenvalue weighted by Crippen LogP contribution is 2.44. The maximum Gasteiger partial charge on any atom is 0.407 e. The number of imide groups is 1. The average Bonchev–Trinajstić information content (AvgIpc) is 3.34. The van der Waals surface area contributed by atoms with Crippen LogP contribution in [0.15, 0.2) is 72.8 Å². The highest BCUT2D eigenvalue weighted by Gasteiger charge is 2.35. The van der Waals surface area contributed by atoms with E-state index in [0.717, 1.165) is 27.2 Å². The van der Waals surface area contributed by atoms with E-state index < -0.39 is 29.9 Å². The number of nitrogens with one attached hydrogen (secondary N) is 1. The van der Waals surface area contributed by atoms with Crippen LogP contribution in [0.1, 0.15) is 50.6 Å². The van der Waals surface area contributed by atoms with Crippen LogP contribution in [0.4, 0.5) is 4.79 Å². The molecule has 8 nitrogen and oxygen atoms in total. The average molecular weight is 485 g/mol. The third-order valence-electron chi connectivity index (χ3n) is 6.69. The van der Waals surface area contributed by atoms with Crippen molar-refractivity contribution in [2.24, 2.45) is 0 Å². The molecular formula is C28H24N2O6. The van der Waals surface area contributed by atoms with Gasteiger partial charge < -0.3 is 15.2 Å². The molecular weight excluding hydrogens is 460 g/mol. The number of amides is 3. The Bertz CT molecular complexity index is 1290. The van der Waals surface area contributed by atoms with Gasteiger partial charge in [0.05, 0.1) is 11.1 Å². The summed E-state index contributed by atoms with van der Waals surface area (Å²) < 4.78 is 5.44. The van der Waals surface area contributed by atoms with Crippen molar-refractivity contribution in [1.82, 2.24) is 10.2 Å². The molecule has 1 atom stereocenters. The lowest BCUT2D eigenvalue weighted by atomic mass is 9.98. The smallest absolute Gasteiger partial charge is 0.407 e. The molecule has 2 aliphatic rings. The van der Waals surface area contributed by atoms with Gasteiger partial charge in [0.2, 0.25) is 0 Å². The third-order valence-corrected chi connectivity index (χ3v) is 6.69. The molecule has 0 unspecified atom stereocenters. The number of carboxylic acid groups (broad SMARTS) is 1. The number of carbonyl (C=O) groups is 4. The normalized spacial score (nSPS) is 14.7. The van der Waals surface area contributed by atoms with Gasteiger partial charge in [0.15, 0.2) is 0 Å². The summed E-state index contributed by atoms with van der Waals surface area (Å²) in [6, 6.07) is 21.2. The van der Waals surface area contributed by atoms with Crippen molar-refractivity contribution in [3.8, 4) is 11.1 Å². The maximum atomic E-state index is 12.5. The Balaban J connectivity index is 1.16. The van der Waals surface area contributed by atoms with E-state index in [1.165, 1.54) is 0 Å². The van der Waals surface area contributed by atoms with Crippen LogP contribution < -0.4 is 5.32 Å². The second kappa shape index (κ2) is 9.65. The Morgan fingerprint density at radius 1 is 0.833 bits per heavy atom. The molecule has 0 bridgehead atoms. The third kappa shape index (κ3) is 4.22. The van der Waals surface area contributed by atoms with Crippen molar-refractivity contribution in [3.63, 3.8) is 0 Å². The van der Waals surface area contributed by atoms with Gasteiger partial charge in [0.1, 0.15) is 12.6 Å². The first-order valence-electron chi connectivity index (χ1n) is 11.7. The number of hydrogen-bond donors (Lipinski definition) is 2. The molecule has 1 heterocycles. The van der Waals surface area contributed by atoms with Gasteiger partial charge in [0, 0.05) is 12.5 Å². The lowest BCUT2D eigenvalue weighted by Gasteiger charge is -2.19. The van der Waals surface area contributed by atoms with Crippen molar-refractivity contribution < 1.29 is 29.0 Å². The number of hydrogen-bond acceptors (Lipinski definition) is 5. The molecule has 3 amide bonds. The summed E-state index contributed by atoms with van der Waals surface area (Å²) in [6.07, 6.45) is -0.580. The number of benzene rings is 3. The summed E-state index contributed by atoms with van der Waals surface area (Å²) in [6.45, 7) is 0.129. The number of alkyl carbamates (subject to hydrolysis) is 1. The minimum Gasteiger partial charge on any atom is -0.480 e. The summed E-state index contributed by atoms with van der Waals surface area (Å²) in [7, 11) is 0. The lowest BCUT2D eigenvalue weighted by molar-refractivity contribution is -0.139. The Morgan fingerprint density at radius 3 is 1.86 bits per heavy atom. The molecule has 0 fully saturated rings. The minimum absolute atomic E-state index is 0.0347. The van der Waals surface area contributed by atoms with E-state index in [0.29, 0.717) is 11.1 Å². The summed E-state index contributed by atoms with van der Waals surface area (Å²) >= 11 is 0. The van der Waals surface area contributed by atoms with Gasteiger partial charge in [-0.25, -0.2) is 9.59 Å². The molecule has 0 saturated heterocycles. The highest BCUT2D eigenvalue weighted by atomic mass is 16.5. The first kappa shape index (κ1) is 23.3. The topological polar surface area (TPSA) is 113 Å². The fraction of sp³-hybridized carbons (Fsp3) is 0.214. The van der Waals surface area contributed by atoms with Crippen LogP contribution >= 0.6 is 0 Å². The van der Waals surface area contributed by atoms with E-state index >= 15 is 0 Å². The molecule has 2 N–H and O–H groups in total. The number of carboxylic acids is 1. The first-order chi connectivity index (χ1) is 17.5. The second-order valence-corrected chi connectivity index (χ2v) is 8.81. The number of aliphatic carboxylic acids is 1. The quantitative estimate of drug-likeness (QED) is 0.467. The zero-order valence-corrected chi connectivity index (χ0v) is 19.3. The molecule has 3 aromatic rings. The van der Waals surface area contributed by atoms with E-state index in [4.69, 9.17) is 4.74 Å².